The Hall–Kier alpha value is -1.62. The van der Waals surface area contributed by atoms with Gasteiger partial charge in [0.15, 0.2) is 5.75 Å². The summed E-state index contributed by atoms with van der Waals surface area (Å²) < 4.78 is 10.3. The van der Waals surface area contributed by atoms with Crippen LogP contribution in [0.1, 0.15) is 6.92 Å². The monoisotopic (exact) mass is 211 g/mol. The number of nitrogens with zero attached hydrogens (tertiary/aromatic N) is 1. The lowest BCUT2D eigenvalue weighted by molar-refractivity contribution is -0.385. The van der Waals surface area contributed by atoms with Gasteiger partial charge in [0, 0.05) is 13.2 Å². The Kier molecular flexibility index (Phi) is 4.05. The summed E-state index contributed by atoms with van der Waals surface area (Å²) in [5.41, 5.74) is -0.0270. The van der Waals surface area contributed by atoms with Crippen molar-refractivity contribution in [1.29, 1.82) is 0 Å². The molecule has 1 atom stereocenters. The van der Waals surface area contributed by atoms with Crippen LogP contribution >= 0.6 is 0 Å². The molecule has 15 heavy (non-hydrogen) atoms. The van der Waals surface area contributed by atoms with Crippen LogP contribution in [-0.4, -0.2) is 24.7 Å². The quantitative estimate of drug-likeness (QED) is 0.552. The maximum absolute atomic E-state index is 10.6. The summed E-state index contributed by atoms with van der Waals surface area (Å²) in [6.07, 6.45) is -0.0928. The molecule has 1 unspecified atom stereocenters. The van der Waals surface area contributed by atoms with Crippen molar-refractivity contribution in [2.45, 2.75) is 13.0 Å². The maximum Gasteiger partial charge on any atom is 0.310 e. The molecular weight excluding hydrogens is 198 g/mol. The zero-order chi connectivity index (χ0) is 11.3. The van der Waals surface area contributed by atoms with Crippen molar-refractivity contribution in [3.63, 3.8) is 0 Å². The van der Waals surface area contributed by atoms with Gasteiger partial charge in [-0.05, 0) is 13.0 Å². The third-order valence-corrected chi connectivity index (χ3v) is 1.94. The fourth-order valence-electron chi connectivity index (χ4n) is 1.01. The molecule has 1 rings (SSSR count). The highest BCUT2D eigenvalue weighted by molar-refractivity contribution is 5.45. The van der Waals surface area contributed by atoms with Crippen LogP contribution in [0.2, 0.25) is 0 Å². The molecule has 0 saturated heterocycles. The van der Waals surface area contributed by atoms with Crippen molar-refractivity contribution in [3.8, 4) is 5.75 Å². The first-order valence-corrected chi connectivity index (χ1v) is 4.54. The van der Waals surface area contributed by atoms with Gasteiger partial charge in [-0.3, -0.25) is 10.1 Å². The van der Waals surface area contributed by atoms with Crippen LogP contribution in [0.5, 0.6) is 5.75 Å². The molecule has 0 aliphatic rings. The van der Waals surface area contributed by atoms with Crippen molar-refractivity contribution in [1.82, 2.24) is 0 Å². The first-order valence-electron chi connectivity index (χ1n) is 4.54. The number of methoxy groups -OCH3 is 1. The Morgan fingerprint density at radius 1 is 1.47 bits per heavy atom. The average molecular weight is 211 g/mol. The van der Waals surface area contributed by atoms with Gasteiger partial charge in [-0.15, -0.1) is 0 Å². The van der Waals surface area contributed by atoms with E-state index in [9.17, 15) is 10.1 Å². The van der Waals surface area contributed by atoms with E-state index in [-0.39, 0.29) is 17.5 Å². The number of benzene rings is 1. The fraction of sp³-hybridized carbons (Fsp3) is 0.400. The molecule has 0 aliphatic carbocycles. The fourth-order valence-corrected chi connectivity index (χ4v) is 1.01. The lowest BCUT2D eigenvalue weighted by atomic mass is 10.3. The van der Waals surface area contributed by atoms with Crippen LogP contribution in [-0.2, 0) is 4.74 Å². The van der Waals surface area contributed by atoms with Crippen LogP contribution in [0.4, 0.5) is 5.69 Å². The molecule has 0 N–H and O–H groups in total. The normalized spacial score (nSPS) is 12.1. The Labute approximate surface area is 87.8 Å². The van der Waals surface area contributed by atoms with Gasteiger partial charge in [0.05, 0.1) is 11.0 Å². The third-order valence-electron chi connectivity index (χ3n) is 1.94. The molecule has 1 aromatic carbocycles. The van der Waals surface area contributed by atoms with Crippen LogP contribution < -0.4 is 4.74 Å². The van der Waals surface area contributed by atoms with Gasteiger partial charge in [-0.25, -0.2) is 0 Å². The van der Waals surface area contributed by atoms with E-state index in [2.05, 4.69) is 0 Å². The number of nitro groups is 1. The van der Waals surface area contributed by atoms with E-state index in [4.69, 9.17) is 9.47 Å². The molecule has 5 heteroatoms. The van der Waals surface area contributed by atoms with Gasteiger partial charge >= 0.3 is 5.69 Å². The van der Waals surface area contributed by atoms with Gasteiger partial charge in [-0.1, -0.05) is 12.1 Å². The minimum Gasteiger partial charge on any atom is -0.484 e. The minimum absolute atomic E-state index is 0.0270. The second kappa shape index (κ2) is 5.31. The van der Waals surface area contributed by atoms with Crippen LogP contribution in [0, 0.1) is 10.1 Å². The minimum atomic E-state index is -0.465. The van der Waals surface area contributed by atoms with Crippen molar-refractivity contribution in [2.75, 3.05) is 13.7 Å². The number of hydrogen-bond donors (Lipinski definition) is 0. The summed E-state index contributed by atoms with van der Waals surface area (Å²) in [5.74, 6) is 0.270. The smallest absolute Gasteiger partial charge is 0.310 e. The molecule has 1 aromatic rings. The highest BCUT2D eigenvalue weighted by Crippen LogP contribution is 2.25. The van der Waals surface area contributed by atoms with Gasteiger partial charge in [0.2, 0.25) is 0 Å². The second-order valence-corrected chi connectivity index (χ2v) is 3.08. The predicted molar refractivity (Wildman–Crippen MR) is 55.1 cm³/mol. The molecule has 0 spiro atoms. The summed E-state index contributed by atoms with van der Waals surface area (Å²) in [5, 5.41) is 10.6. The lowest BCUT2D eigenvalue weighted by Crippen LogP contribution is -2.16. The summed E-state index contributed by atoms with van der Waals surface area (Å²) >= 11 is 0. The first kappa shape index (κ1) is 11.5. The van der Waals surface area contributed by atoms with Crippen LogP contribution in [0.3, 0.4) is 0 Å². The summed E-state index contributed by atoms with van der Waals surface area (Å²) in [6.45, 7) is 2.12. The van der Waals surface area contributed by atoms with Crippen molar-refractivity contribution < 1.29 is 14.4 Å². The molecule has 82 valence electrons. The average Bonchev–Trinajstić information content (AvgIpc) is 2.26. The summed E-state index contributed by atoms with van der Waals surface area (Å²) in [7, 11) is 1.56. The zero-order valence-electron chi connectivity index (χ0n) is 8.67. The van der Waals surface area contributed by atoms with Crippen molar-refractivity contribution in [3.05, 3.63) is 34.4 Å². The molecule has 0 radical (unpaired) electrons. The van der Waals surface area contributed by atoms with E-state index >= 15 is 0 Å². The third kappa shape index (κ3) is 3.21. The molecule has 0 fully saturated rings. The highest BCUT2D eigenvalue weighted by Gasteiger charge is 2.14. The molecule has 0 heterocycles. The number of nitro benzene ring substituents is 1. The predicted octanol–water partition coefficient (Wildman–Crippen LogP) is 2.01. The van der Waals surface area contributed by atoms with Gasteiger partial charge in [0.1, 0.15) is 6.61 Å². The van der Waals surface area contributed by atoms with E-state index in [0.717, 1.165) is 0 Å². The lowest BCUT2D eigenvalue weighted by Gasteiger charge is -2.11. The number of rotatable bonds is 5. The molecule has 5 nitrogen and oxygen atoms in total. The Morgan fingerprint density at radius 2 is 2.13 bits per heavy atom. The Balaban J connectivity index is 2.72. The van der Waals surface area contributed by atoms with E-state index in [0.29, 0.717) is 6.61 Å². The maximum atomic E-state index is 10.6. The molecule has 0 amide bonds. The van der Waals surface area contributed by atoms with Crippen LogP contribution in [0.15, 0.2) is 24.3 Å². The van der Waals surface area contributed by atoms with E-state index < -0.39 is 4.92 Å². The largest absolute Gasteiger partial charge is 0.484 e. The van der Waals surface area contributed by atoms with E-state index in [1.54, 1.807) is 25.3 Å². The molecule has 0 aliphatic heterocycles. The number of ether oxygens (including phenoxy) is 2. The van der Waals surface area contributed by atoms with E-state index in [1.807, 2.05) is 6.92 Å². The first-order chi connectivity index (χ1) is 7.15. The number of para-hydroxylation sites is 2. The van der Waals surface area contributed by atoms with Crippen molar-refractivity contribution >= 4 is 5.69 Å². The van der Waals surface area contributed by atoms with Gasteiger partial charge < -0.3 is 9.47 Å². The molecule has 0 bridgehead atoms. The topological polar surface area (TPSA) is 61.6 Å². The Morgan fingerprint density at radius 3 is 2.73 bits per heavy atom. The molecule has 0 aromatic heterocycles. The SMILES string of the molecule is COC(C)COc1ccccc1[N+](=O)[O-]. The summed E-state index contributed by atoms with van der Waals surface area (Å²) in [6, 6.07) is 6.28. The molecule has 0 saturated carbocycles. The van der Waals surface area contributed by atoms with Gasteiger partial charge in [0.25, 0.3) is 0 Å². The highest BCUT2D eigenvalue weighted by atomic mass is 16.6. The van der Waals surface area contributed by atoms with Gasteiger partial charge in [-0.2, -0.15) is 0 Å². The Bertz CT molecular complexity index is 340. The zero-order valence-corrected chi connectivity index (χ0v) is 8.67. The second-order valence-electron chi connectivity index (χ2n) is 3.08. The summed E-state index contributed by atoms with van der Waals surface area (Å²) in [4.78, 5) is 10.2. The van der Waals surface area contributed by atoms with Crippen LogP contribution in [0.25, 0.3) is 0 Å². The van der Waals surface area contributed by atoms with Crippen molar-refractivity contribution in [2.24, 2.45) is 0 Å². The standard InChI is InChI=1S/C10H13NO4/c1-8(14-2)7-15-10-6-4-3-5-9(10)11(12)13/h3-6,8H,7H2,1-2H3. The molecular formula is C10H13NO4. The number of hydrogen-bond acceptors (Lipinski definition) is 4. The van der Waals surface area contributed by atoms with E-state index in [1.165, 1.54) is 6.07 Å².